The molecule has 2 N–H and O–H groups in total. The zero-order chi connectivity index (χ0) is 16.4. The molecule has 0 aliphatic heterocycles. The summed E-state index contributed by atoms with van der Waals surface area (Å²) in [4.78, 5) is 14.5. The van der Waals surface area contributed by atoms with E-state index >= 15 is 0 Å². The van der Waals surface area contributed by atoms with Crippen molar-refractivity contribution in [2.24, 2.45) is 0 Å². The lowest BCUT2D eigenvalue weighted by Crippen LogP contribution is -2.31. The number of carbonyl (C=O) groups is 1. The van der Waals surface area contributed by atoms with E-state index in [2.05, 4.69) is 15.5 Å². The van der Waals surface area contributed by atoms with Gasteiger partial charge in [-0.3, -0.25) is 0 Å². The number of benzene rings is 1. The van der Waals surface area contributed by atoms with E-state index in [-0.39, 0.29) is 23.4 Å². The maximum atomic E-state index is 14.4. The third-order valence-electron chi connectivity index (χ3n) is 3.97. The molecule has 1 aromatic heterocycles. The van der Waals surface area contributed by atoms with Crippen LogP contribution in [0.5, 0.6) is 0 Å². The Labute approximate surface area is 130 Å². The number of aromatic nitrogens is 2. The number of rotatable bonds is 4. The van der Waals surface area contributed by atoms with Crippen LogP contribution < -0.4 is 5.32 Å². The minimum absolute atomic E-state index is 0.130. The summed E-state index contributed by atoms with van der Waals surface area (Å²) in [6.07, 6.45) is 0.593. The highest BCUT2D eigenvalue weighted by Crippen LogP contribution is 2.37. The average Bonchev–Trinajstić information content (AvgIpc) is 3.16. The SMILES string of the molecule is O=C(O)N[C@H]1CC[C@H](c2nc(C(F)(F)c3ccccc3)no2)C1. The first-order valence-corrected chi connectivity index (χ1v) is 7.23. The molecule has 1 heterocycles. The van der Waals surface area contributed by atoms with Gasteiger partial charge in [0, 0.05) is 17.5 Å². The molecule has 0 unspecified atom stereocenters. The molecule has 1 aromatic carbocycles. The van der Waals surface area contributed by atoms with Gasteiger partial charge in [-0.15, -0.1) is 0 Å². The molecule has 2 atom stereocenters. The molecule has 23 heavy (non-hydrogen) atoms. The smallest absolute Gasteiger partial charge is 0.404 e. The summed E-state index contributed by atoms with van der Waals surface area (Å²) in [7, 11) is 0. The molecule has 0 spiro atoms. The van der Waals surface area contributed by atoms with E-state index in [1.165, 1.54) is 24.3 Å². The maximum Gasteiger partial charge on any atom is 0.404 e. The van der Waals surface area contributed by atoms with Crippen molar-refractivity contribution in [1.29, 1.82) is 0 Å². The maximum absolute atomic E-state index is 14.4. The Kier molecular flexibility index (Phi) is 3.97. The van der Waals surface area contributed by atoms with Crippen molar-refractivity contribution in [1.82, 2.24) is 15.5 Å². The summed E-state index contributed by atoms with van der Waals surface area (Å²) in [5.74, 6) is -4.08. The second-order valence-electron chi connectivity index (χ2n) is 5.55. The molecule has 1 fully saturated rings. The van der Waals surface area contributed by atoms with Gasteiger partial charge < -0.3 is 14.9 Å². The predicted molar refractivity (Wildman–Crippen MR) is 75.3 cm³/mol. The Balaban J connectivity index is 1.75. The zero-order valence-electron chi connectivity index (χ0n) is 12.1. The van der Waals surface area contributed by atoms with E-state index in [4.69, 9.17) is 9.63 Å². The second kappa shape index (κ2) is 5.94. The fourth-order valence-electron chi connectivity index (χ4n) is 2.82. The summed E-state index contributed by atoms with van der Waals surface area (Å²) in [5, 5.41) is 14.5. The molecule has 3 rings (SSSR count). The van der Waals surface area contributed by atoms with E-state index in [0.717, 1.165) is 0 Å². The van der Waals surface area contributed by atoms with Gasteiger partial charge in [0.15, 0.2) is 0 Å². The molecular weight excluding hydrogens is 308 g/mol. The van der Waals surface area contributed by atoms with Crippen molar-refractivity contribution in [3.63, 3.8) is 0 Å². The number of amides is 1. The molecule has 1 saturated carbocycles. The normalized spacial score (nSPS) is 21.3. The molecule has 1 aliphatic rings. The molecular formula is C15H15F2N3O3. The Morgan fingerprint density at radius 1 is 1.30 bits per heavy atom. The summed E-state index contributed by atoms with van der Waals surface area (Å²) in [6.45, 7) is 0. The fraction of sp³-hybridized carbons (Fsp3) is 0.400. The monoisotopic (exact) mass is 323 g/mol. The molecule has 1 amide bonds. The highest BCUT2D eigenvalue weighted by Gasteiger charge is 2.41. The van der Waals surface area contributed by atoms with Crippen molar-refractivity contribution in [3.8, 4) is 0 Å². The van der Waals surface area contributed by atoms with Crippen LogP contribution in [0.2, 0.25) is 0 Å². The number of halogens is 2. The lowest BCUT2D eigenvalue weighted by Gasteiger charge is -2.11. The Morgan fingerprint density at radius 3 is 2.74 bits per heavy atom. The van der Waals surface area contributed by atoms with Gasteiger partial charge >= 0.3 is 12.0 Å². The Bertz CT molecular complexity index is 690. The van der Waals surface area contributed by atoms with E-state index in [9.17, 15) is 13.6 Å². The van der Waals surface area contributed by atoms with E-state index in [1.54, 1.807) is 6.07 Å². The van der Waals surface area contributed by atoms with Crippen LogP contribution in [0, 0.1) is 0 Å². The van der Waals surface area contributed by atoms with Crippen LogP contribution in [-0.4, -0.2) is 27.4 Å². The quantitative estimate of drug-likeness (QED) is 0.902. The van der Waals surface area contributed by atoms with Gasteiger partial charge in [0.1, 0.15) is 0 Å². The number of hydrogen-bond donors (Lipinski definition) is 2. The zero-order valence-corrected chi connectivity index (χ0v) is 12.1. The van der Waals surface area contributed by atoms with Crippen molar-refractivity contribution < 1.29 is 23.2 Å². The number of alkyl halides is 2. The van der Waals surface area contributed by atoms with Crippen molar-refractivity contribution in [2.45, 2.75) is 37.1 Å². The third kappa shape index (κ3) is 3.15. The molecule has 0 bridgehead atoms. The van der Waals surface area contributed by atoms with Gasteiger partial charge in [-0.2, -0.15) is 13.8 Å². The van der Waals surface area contributed by atoms with Crippen LogP contribution >= 0.6 is 0 Å². The van der Waals surface area contributed by atoms with Crippen molar-refractivity contribution in [2.75, 3.05) is 0 Å². The van der Waals surface area contributed by atoms with Crippen LogP contribution in [0.25, 0.3) is 0 Å². The van der Waals surface area contributed by atoms with E-state index < -0.39 is 17.8 Å². The lowest BCUT2D eigenvalue weighted by molar-refractivity contribution is 0.0304. The molecule has 8 heteroatoms. The number of nitrogens with zero attached hydrogens (tertiary/aromatic N) is 2. The summed E-state index contributed by atoms with van der Waals surface area (Å²) in [5.41, 5.74) is -0.204. The van der Waals surface area contributed by atoms with E-state index in [1.807, 2.05) is 0 Å². The topological polar surface area (TPSA) is 88.2 Å². The summed E-state index contributed by atoms with van der Waals surface area (Å²) in [6, 6.07) is 7.07. The molecule has 0 saturated heterocycles. The standard InChI is InChI=1S/C15H15F2N3O3/c16-15(17,10-4-2-1-3-5-10)13-19-12(23-20-13)9-6-7-11(8-9)18-14(21)22/h1-5,9,11,18H,6-8H2,(H,21,22)/t9-,11-/m0/s1. The van der Waals surface area contributed by atoms with Crippen LogP contribution in [0.3, 0.4) is 0 Å². The molecule has 122 valence electrons. The molecule has 6 nitrogen and oxygen atoms in total. The van der Waals surface area contributed by atoms with Gasteiger partial charge in [0.25, 0.3) is 0 Å². The number of nitrogens with one attached hydrogen (secondary N) is 1. The fourth-order valence-corrected chi connectivity index (χ4v) is 2.82. The summed E-state index contributed by atoms with van der Waals surface area (Å²) < 4.78 is 33.7. The largest absolute Gasteiger partial charge is 0.465 e. The van der Waals surface area contributed by atoms with Gasteiger partial charge in [0.2, 0.25) is 11.7 Å². The highest BCUT2D eigenvalue weighted by molar-refractivity contribution is 5.64. The van der Waals surface area contributed by atoms with E-state index in [0.29, 0.717) is 19.3 Å². The first-order chi connectivity index (χ1) is 11.0. The Morgan fingerprint density at radius 2 is 2.04 bits per heavy atom. The first-order valence-electron chi connectivity index (χ1n) is 7.23. The minimum Gasteiger partial charge on any atom is -0.465 e. The van der Waals surface area contributed by atoms with Crippen LogP contribution in [0.4, 0.5) is 13.6 Å². The van der Waals surface area contributed by atoms with Crippen LogP contribution in [0.1, 0.15) is 42.5 Å². The van der Waals surface area contributed by atoms with Crippen molar-refractivity contribution >= 4 is 6.09 Å². The van der Waals surface area contributed by atoms with Gasteiger partial charge in [-0.05, 0) is 19.3 Å². The summed E-state index contributed by atoms with van der Waals surface area (Å²) >= 11 is 0. The van der Waals surface area contributed by atoms with Crippen LogP contribution in [0.15, 0.2) is 34.9 Å². The Hall–Kier alpha value is -2.51. The molecule has 0 radical (unpaired) electrons. The van der Waals surface area contributed by atoms with Gasteiger partial charge in [-0.1, -0.05) is 35.5 Å². The minimum atomic E-state index is -3.33. The number of hydrogen-bond acceptors (Lipinski definition) is 4. The number of carboxylic acid groups (broad SMARTS) is 1. The average molecular weight is 323 g/mol. The van der Waals surface area contributed by atoms with Crippen LogP contribution in [-0.2, 0) is 5.92 Å². The molecule has 2 aromatic rings. The van der Waals surface area contributed by atoms with Crippen molar-refractivity contribution in [3.05, 3.63) is 47.6 Å². The molecule has 1 aliphatic carbocycles. The highest BCUT2D eigenvalue weighted by atomic mass is 19.3. The second-order valence-corrected chi connectivity index (χ2v) is 5.55. The third-order valence-corrected chi connectivity index (χ3v) is 3.97. The van der Waals surface area contributed by atoms with Gasteiger partial charge in [-0.25, -0.2) is 4.79 Å². The lowest BCUT2D eigenvalue weighted by atomic mass is 10.1. The predicted octanol–water partition coefficient (Wildman–Crippen LogP) is 3.11. The first kappa shape index (κ1) is 15.4. The van der Waals surface area contributed by atoms with Gasteiger partial charge in [0.05, 0.1) is 0 Å².